The van der Waals surface area contributed by atoms with E-state index in [0.717, 1.165) is 32.4 Å². The summed E-state index contributed by atoms with van der Waals surface area (Å²) in [6, 6.07) is 6.08. The standard InChI is InChI=1S/C15H21NO2/c1-11-6-7-13(12(2)9-11)10-16-8-4-3-5-14(16)15(17)18/h6-7,9,14H,3-5,8,10H2,1-2H3,(H,17,18). The number of nitrogens with zero attached hydrogens (tertiary/aromatic N) is 1. The molecular formula is C15H21NO2. The topological polar surface area (TPSA) is 40.5 Å². The van der Waals surface area contributed by atoms with E-state index in [1.54, 1.807) is 0 Å². The van der Waals surface area contributed by atoms with Crippen molar-refractivity contribution in [2.45, 2.75) is 45.7 Å². The van der Waals surface area contributed by atoms with Crippen LogP contribution in [0.3, 0.4) is 0 Å². The molecule has 18 heavy (non-hydrogen) atoms. The van der Waals surface area contributed by atoms with Gasteiger partial charge in [0.05, 0.1) is 0 Å². The van der Waals surface area contributed by atoms with E-state index in [9.17, 15) is 9.90 Å². The van der Waals surface area contributed by atoms with Gasteiger partial charge in [0.1, 0.15) is 6.04 Å². The number of aryl methyl sites for hydroxylation is 2. The molecule has 0 aliphatic carbocycles. The third-order valence-corrected chi connectivity index (χ3v) is 3.77. The zero-order valence-corrected chi connectivity index (χ0v) is 11.1. The fourth-order valence-electron chi connectivity index (χ4n) is 2.70. The fourth-order valence-corrected chi connectivity index (χ4v) is 2.70. The number of hydrogen-bond acceptors (Lipinski definition) is 2. The summed E-state index contributed by atoms with van der Waals surface area (Å²) in [6.07, 6.45) is 2.91. The lowest BCUT2D eigenvalue weighted by Crippen LogP contribution is -2.44. The summed E-state index contributed by atoms with van der Waals surface area (Å²) in [5.74, 6) is -0.681. The molecule has 0 aromatic heterocycles. The van der Waals surface area contributed by atoms with Crippen LogP contribution in [0.2, 0.25) is 0 Å². The highest BCUT2D eigenvalue weighted by Crippen LogP contribution is 2.21. The molecule has 1 aromatic carbocycles. The first-order valence-electron chi connectivity index (χ1n) is 6.61. The molecule has 1 atom stereocenters. The molecule has 0 saturated carbocycles. The quantitative estimate of drug-likeness (QED) is 0.892. The molecule has 0 bridgehead atoms. The number of benzene rings is 1. The monoisotopic (exact) mass is 247 g/mol. The lowest BCUT2D eigenvalue weighted by molar-refractivity contribution is -0.144. The number of rotatable bonds is 3. The second-order valence-corrected chi connectivity index (χ2v) is 5.25. The molecule has 3 nitrogen and oxygen atoms in total. The highest BCUT2D eigenvalue weighted by Gasteiger charge is 2.28. The largest absolute Gasteiger partial charge is 0.480 e. The van der Waals surface area contributed by atoms with Crippen LogP contribution in [0.25, 0.3) is 0 Å². The van der Waals surface area contributed by atoms with Crippen LogP contribution in [0.5, 0.6) is 0 Å². The Balaban J connectivity index is 2.13. The first-order chi connectivity index (χ1) is 8.58. The van der Waals surface area contributed by atoms with Gasteiger partial charge in [0, 0.05) is 6.54 Å². The summed E-state index contributed by atoms with van der Waals surface area (Å²) >= 11 is 0. The van der Waals surface area contributed by atoms with Gasteiger partial charge in [-0.1, -0.05) is 30.2 Å². The van der Waals surface area contributed by atoms with E-state index >= 15 is 0 Å². The van der Waals surface area contributed by atoms with Crippen LogP contribution in [0.1, 0.15) is 36.0 Å². The van der Waals surface area contributed by atoms with E-state index in [4.69, 9.17) is 0 Å². The average molecular weight is 247 g/mol. The Kier molecular flexibility index (Phi) is 4.02. The molecule has 1 saturated heterocycles. The molecule has 0 amide bonds. The van der Waals surface area contributed by atoms with Gasteiger partial charge in [-0.25, -0.2) is 0 Å². The summed E-state index contributed by atoms with van der Waals surface area (Å²) in [6.45, 7) is 5.83. The van der Waals surface area contributed by atoms with Crippen LogP contribution in [-0.4, -0.2) is 28.6 Å². The maximum atomic E-state index is 11.3. The summed E-state index contributed by atoms with van der Waals surface area (Å²) in [7, 11) is 0. The summed E-state index contributed by atoms with van der Waals surface area (Å²) in [5, 5.41) is 9.26. The Morgan fingerprint density at radius 3 is 2.83 bits per heavy atom. The van der Waals surface area contributed by atoms with Gasteiger partial charge in [-0.15, -0.1) is 0 Å². The third-order valence-electron chi connectivity index (χ3n) is 3.77. The van der Waals surface area contributed by atoms with Crippen molar-refractivity contribution in [3.8, 4) is 0 Å². The molecular weight excluding hydrogens is 226 g/mol. The minimum absolute atomic E-state index is 0.306. The van der Waals surface area contributed by atoms with Gasteiger partial charge in [0.25, 0.3) is 0 Å². The summed E-state index contributed by atoms with van der Waals surface area (Å²) in [4.78, 5) is 13.4. The molecule has 1 heterocycles. The van der Waals surface area contributed by atoms with Crippen molar-refractivity contribution in [3.63, 3.8) is 0 Å². The third kappa shape index (κ3) is 2.91. The van der Waals surface area contributed by atoms with Crippen molar-refractivity contribution in [1.29, 1.82) is 0 Å². The van der Waals surface area contributed by atoms with E-state index in [0.29, 0.717) is 0 Å². The molecule has 3 heteroatoms. The van der Waals surface area contributed by atoms with E-state index < -0.39 is 5.97 Å². The van der Waals surface area contributed by atoms with Crippen LogP contribution in [0.15, 0.2) is 18.2 Å². The molecule has 1 unspecified atom stereocenters. The second kappa shape index (κ2) is 5.53. The Morgan fingerprint density at radius 2 is 2.17 bits per heavy atom. The number of likely N-dealkylation sites (tertiary alicyclic amines) is 1. The van der Waals surface area contributed by atoms with Crippen LogP contribution < -0.4 is 0 Å². The van der Waals surface area contributed by atoms with Gasteiger partial charge in [-0.2, -0.15) is 0 Å². The number of carboxylic acid groups (broad SMARTS) is 1. The zero-order chi connectivity index (χ0) is 13.1. The van der Waals surface area contributed by atoms with Crippen LogP contribution in [-0.2, 0) is 11.3 Å². The van der Waals surface area contributed by atoms with E-state index in [2.05, 4.69) is 36.9 Å². The maximum Gasteiger partial charge on any atom is 0.320 e. The van der Waals surface area contributed by atoms with Gasteiger partial charge < -0.3 is 5.11 Å². The molecule has 0 radical (unpaired) electrons. The molecule has 1 aliphatic rings. The zero-order valence-electron chi connectivity index (χ0n) is 11.1. The minimum atomic E-state index is -0.681. The van der Waals surface area contributed by atoms with Crippen LogP contribution in [0, 0.1) is 13.8 Å². The number of piperidine rings is 1. The normalized spacial score (nSPS) is 20.9. The average Bonchev–Trinajstić information content (AvgIpc) is 2.33. The van der Waals surface area contributed by atoms with Crippen molar-refractivity contribution >= 4 is 5.97 Å². The summed E-state index contributed by atoms with van der Waals surface area (Å²) in [5.41, 5.74) is 3.75. The predicted octanol–water partition coefficient (Wildman–Crippen LogP) is 2.74. The van der Waals surface area contributed by atoms with E-state index in [-0.39, 0.29) is 6.04 Å². The molecule has 1 N–H and O–H groups in total. The smallest absolute Gasteiger partial charge is 0.320 e. The number of hydrogen-bond donors (Lipinski definition) is 1. The molecule has 1 aromatic rings. The lowest BCUT2D eigenvalue weighted by atomic mass is 9.99. The highest BCUT2D eigenvalue weighted by molar-refractivity contribution is 5.73. The SMILES string of the molecule is Cc1ccc(CN2CCCCC2C(=O)O)c(C)c1. The van der Waals surface area contributed by atoms with Gasteiger partial charge in [0.2, 0.25) is 0 Å². The van der Waals surface area contributed by atoms with Gasteiger partial charge in [0.15, 0.2) is 0 Å². The summed E-state index contributed by atoms with van der Waals surface area (Å²) < 4.78 is 0. The number of aliphatic carboxylic acids is 1. The minimum Gasteiger partial charge on any atom is -0.480 e. The fraction of sp³-hybridized carbons (Fsp3) is 0.533. The van der Waals surface area contributed by atoms with Crippen molar-refractivity contribution in [2.24, 2.45) is 0 Å². The number of carbonyl (C=O) groups is 1. The van der Waals surface area contributed by atoms with Gasteiger partial charge in [-0.3, -0.25) is 9.69 Å². The first-order valence-corrected chi connectivity index (χ1v) is 6.61. The second-order valence-electron chi connectivity index (χ2n) is 5.25. The van der Waals surface area contributed by atoms with Crippen LogP contribution in [0.4, 0.5) is 0 Å². The van der Waals surface area contributed by atoms with Crippen molar-refractivity contribution in [3.05, 3.63) is 34.9 Å². The maximum absolute atomic E-state index is 11.3. The Labute approximate surface area is 108 Å². The van der Waals surface area contributed by atoms with E-state index in [1.807, 2.05) is 0 Å². The Morgan fingerprint density at radius 1 is 1.39 bits per heavy atom. The van der Waals surface area contributed by atoms with E-state index in [1.165, 1.54) is 16.7 Å². The first kappa shape index (κ1) is 13.1. The molecule has 0 spiro atoms. The predicted molar refractivity (Wildman–Crippen MR) is 71.6 cm³/mol. The lowest BCUT2D eigenvalue weighted by Gasteiger charge is -2.33. The van der Waals surface area contributed by atoms with Gasteiger partial charge >= 0.3 is 5.97 Å². The number of carboxylic acids is 1. The Bertz CT molecular complexity index is 442. The van der Waals surface area contributed by atoms with Crippen molar-refractivity contribution in [2.75, 3.05) is 6.54 Å². The van der Waals surface area contributed by atoms with Gasteiger partial charge in [-0.05, 0) is 44.4 Å². The highest BCUT2D eigenvalue weighted by atomic mass is 16.4. The molecule has 1 fully saturated rings. The molecule has 98 valence electrons. The molecule has 2 rings (SSSR count). The molecule has 1 aliphatic heterocycles. The van der Waals surface area contributed by atoms with Crippen LogP contribution >= 0.6 is 0 Å². The van der Waals surface area contributed by atoms with Crippen molar-refractivity contribution < 1.29 is 9.90 Å². The van der Waals surface area contributed by atoms with Crippen molar-refractivity contribution in [1.82, 2.24) is 4.90 Å². The Hall–Kier alpha value is -1.35.